The summed E-state index contributed by atoms with van der Waals surface area (Å²) >= 11 is 0. The molecular formula is C15H18N4O3. The molecule has 0 aromatic carbocycles. The molecule has 0 aliphatic carbocycles. The van der Waals surface area contributed by atoms with E-state index in [0.717, 1.165) is 0 Å². The van der Waals surface area contributed by atoms with Crippen LogP contribution in [0.2, 0.25) is 0 Å². The van der Waals surface area contributed by atoms with Crippen molar-refractivity contribution in [2.45, 2.75) is 39.0 Å². The summed E-state index contributed by atoms with van der Waals surface area (Å²) in [5.74, 6) is 5.47. The Balaban J connectivity index is 1.95. The molecule has 0 bridgehead atoms. The van der Waals surface area contributed by atoms with Gasteiger partial charge >= 0.3 is 0 Å². The molecule has 0 saturated heterocycles. The van der Waals surface area contributed by atoms with Crippen LogP contribution in [0.1, 0.15) is 37.1 Å². The van der Waals surface area contributed by atoms with E-state index >= 15 is 0 Å². The molecule has 2 N–H and O–H groups in total. The fraction of sp³-hybridized carbons (Fsp3) is 0.400. The maximum absolute atomic E-state index is 12.1. The number of nitrogens with zero attached hydrogens (tertiary/aromatic N) is 3. The van der Waals surface area contributed by atoms with Crippen LogP contribution in [0.5, 0.6) is 0 Å². The predicted octanol–water partition coefficient (Wildman–Crippen LogP) is 0.812. The maximum atomic E-state index is 12.1. The van der Waals surface area contributed by atoms with Crippen molar-refractivity contribution in [3.63, 3.8) is 0 Å². The molecule has 0 aliphatic heterocycles. The molecule has 7 heteroatoms. The van der Waals surface area contributed by atoms with E-state index in [9.17, 15) is 9.90 Å². The number of carbonyl (C=O) groups excluding carboxylic acids is 1. The molecule has 0 fully saturated rings. The monoisotopic (exact) mass is 302 g/mol. The van der Waals surface area contributed by atoms with Crippen molar-refractivity contribution in [2.75, 3.05) is 0 Å². The average molecular weight is 302 g/mol. The molecule has 0 radical (unpaired) electrons. The van der Waals surface area contributed by atoms with Gasteiger partial charge < -0.3 is 14.8 Å². The molecule has 0 spiro atoms. The van der Waals surface area contributed by atoms with E-state index in [4.69, 9.17) is 4.42 Å². The average Bonchev–Trinajstić information content (AvgIpc) is 3.05. The lowest BCUT2D eigenvalue weighted by Gasteiger charge is -2.12. The van der Waals surface area contributed by atoms with Gasteiger partial charge in [0.2, 0.25) is 0 Å². The molecular weight excluding hydrogens is 284 g/mol. The summed E-state index contributed by atoms with van der Waals surface area (Å²) in [7, 11) is 0. The van der Waals surface area contributed by atoms with Crippen LogP contribution in [0.25, 0.3) is 0 Å². The number of hydrogen-bond donors (Lipinski definition) is 2. The Morgan fingerprint density at radius 2 is 2.32 bits per heavy atom. The van der Waals surface area contributed by atoms with Crippen molar-refractivity contribution >= 4 is 5.91 Å². The summed E-state index contributed by atoms with van der Waals surface area (Å²) in [4.78, 5) is 15.9. The lowest BCUT2D eigenvalue weighted by atomic mass is 10.1. The van der Waals surface area contributed by atoms with E-state index in [-0.39, 0.29) is 17.7 Å². The summed E-state index contributed by atoms with van der Waals surface area (Å²) in [6.45, 7) is 5.51. The van der Waals surface area contributed by atoms with Gasteiger partial charge in [0.15, 0.2) is 11.5 Å². The Bertz CT molecular complexity index is 686. The molecule has 2 heterocycles. The van der Waals surface area contributed by atoms with Gasteiger partial charge in [-0.3, -0.25) is 9.48 Å². The van der Waals surface area contributed by atoms with E-state index in [1.165, 1.54) is 6.33 Å². The second kappa shape index (κ2) is 6.45. The van der Waals surface area contributed by atoms with E-state index in [1.807, 2.05) is 6.92 Å². The first-order valence-electron chi connectivity index (χ1n) is 6.82. The van der Waals surface area contributed by atoms with Crippen molar-refractivity contribution in [3.8, 4) is 11.8 Å². The van der Waals surface area contributed by atoms with Crippen LogP contribution in [0.15, 0.2) is 29.2 Å². The van der Waals surface area contributed by atoms with Crippen molar-refractivity contribution in [1.29, 1.82) is 0 Å². The van der Waals surface area contributed by atoms with Crippen LogP contribution >= 0.6 is 0 Å². The molecule has 2 rings (SSSR count). The summed E-state index contributed by atoms with van der Waals surface area (Å²) in [6, 6.07) is 3.01. The minimum atomic E-state index is -1.11. The van der Waals surface area contributed by atoms with Gasteiger partial charge in [0.1, 0.15) is 18.3 Å². The highest BCUT2D eigenvalue weighted by Gasteiger charge is 2.14. The highest BCUT2D eigenvalue weighted by molar-refractivity contribution is 5.91. The van der Waals surface area contributed by atoms with Crippen LogP contribution in [0.3, 0.4) is 0 Å². The highest BCUT2D eigenvalue weighted by atomic mass is 16.3. The number of hydrogen-bond acceptors (Lipinski definition) is 5. The standard InChI is InChI=1S/C15H18N4O3/c1-11(8-19-10-16-9-17-19)18-14(20)13-5-4-12(22-13)6-7-15(2,3)21/h4-5,9-11,21H,8H2,1-3H3,(H,18,20). The number of aromatic nitrogens is 3. The predicted molar refractivity (Wildman–Crippen MR) is 78.8 cm³/mol. The first kappa shape index (κ1) is 15.8. The molecule has 2 aromatic heterocycles. The summed E-state index contributed by atoms with van der Waals surface area (Å²) in [5, 5.41) is 16.3. The zero-order valence-electron chi connectivity index (χ0n) is 12.7. The fourth-order valence-electron chi connectivity index (χ4n) is 1.69. The molecule has 116 valence electrons. The SMILES string of the molecule is CC(Cn1cncn1)NC(=O)c1ccc(C#CC(C)(C)O)o1. The minimum absolute atomic E-state index is 0.134. The van der Waals surface area contributed by atoms with Crippen molar-refractivity contribution in [1.82, 2.24) is 20.1 Å². The van der Waals surface area contributed by atoms with E-state index < -0.39 is 5.60 Å². The Kier molecular flexibility index (Phi) is 4.63. The zero-order valence-corrected chi connectivity index (χ0v) is 12.7. The van der Waals surface area contributed by atoms with E-state index in [2.05, 4.69) is 27.2 Å². The minimum Gasteiger partial charge on any atom is -0.443 e. The van der Waals surface area contributed by atoms with Gasteiger partial charge in [-0.2, -0.15) is 5.10 Å². The van der Waals surface area contributed by atoms with Gasteiger partial charge in [0.25, 0.3) is 5.91 Å². The molecule has 0 aliphatic rings. The smallest absolute Gasteiger partial charge is 0.287 e. The Morgan fingerprint density at radius 1 is 1.55 bits per heavy atom. The molecule has 2 aromatic rings. The fourth-order valence-corrected chi connectivity index (χ4v) is 1.69. The number of carbonyl (C=O) groups is 1. The molecule has 7 nitrogen and oxygen atoms in total. The first-order valence-corrected chi connectivity index (χ1v) is 6.82. The molecule has 1 atom stereocenters. The van der Waals surface area contributed by atoms with Gasteiger partial charge in [0, 0.05) is 6.04 Å². The van der Waals surface area contributed by atoms with E-state index in [1.54, 1.807) is 37.0 Å². The largest absolute Gasteiger partial charge is 0.443 e. The Hall–Kier alpha value is -2.59. The normalized spacial score (nSPS) is 12.4. The van der Waals surface area contributed by atoms with Crippen LogP contribution in [0.4, 0.5) is 0 Å². The number of furan rings is 1. The number of amides is 1. The third-order valence-electron chi connectivity index (χ3n) is 2.63. The molecule has 22 heavy (non-hydrogen) atoms. The molecule has 1 amide bonds. The van der Waals surface area contributed by atoms with Crippen LogP contribution in [-0.4, -0.2) is 37.4 Å². The third-order valence-corrected chi connectivity index (χ3v) is 2.63. The Morgan fingerprint density at radius 3 is 2.95 bits per heavy atom. The van der Waals surface area contributed by atoms with E-state index in [0.29, 0.717) is 12.3 Å². The summed E-state index contributed by atoms with van der Waals surface area (Å²) in [5.41, 5.74) is -1.11. The van der Waals surface area contributed by atoms with Gasteiger partial charge in [-0.1, -0.05) is 5.92 Å². The van der Waals surface area contributed by atoms with Gasteiger partial charge in [-0.05, 0) is 38.8 Å². The number of aliphatic hydroxyl groups is 1. The highest BCUT2D eigenvalue weighted by Crippen LogP contribution is 2.08. The maximum Gasteiger partial charge on any atom is 0.287 e. The van der Waals surface area contributed by atoms with Crippen molar-refractivity contribution in [3.05, 3.63) is 36.3 Å². The second-order valence-electron chi connectivity index (χ2n) is 5.46. The topological polar surface area (TPSA) is 93.2 Å². The summed E-state index contributed by atoms with van der Waals surface area (Å²) < 4.78 is 6.98. The summed E-state index contributed by atoms with van der Waals surface area (Å²) in [6.07, 6.45) is 3.02. The molecule has 0 saturated carbocycles. The lowest BCUT2D eigenvalue weighted by molar-refractivity contribution is 0.0907. The van der Waals surface area contributed by atoms with Crippen LogP contribution < -0.4 is 5.32 Å². The lowest BCUT2D eigenvalue weighted by Crippen LogP contribution is -2.35. The van der Waals surface area contributed by atoms with Crippen molar-refractivity contribution in [2.24, 2.45) is 0 Å². The number of rotatable bonds is 4. The second-order valence-corrected chi connectivity index (χ2v) is 5.46. The number of nitrogens with one attached hydrogen (secondary N) is 1. The first-order chi connectivity index (χ1) is 10.3. The molecule has 1 unspecified atom stereocenters. The van der Waals surface area contributed by atoms with Crippen LogP contribution in [-0.2, 0) is 6.54 Å². The van der Waals surface area contributed by atoms with Crippen LogP contribution in [0, 0.1) is 11.8 Å². The van der Waals surface area contributed by atoms with Crippen molar-refractivity contribution < 1.29 is 14.3 Å². The van der Waals surface area contributed by atoms with Gasteiger partial charge in [0.05, 0.1) is 6.54 Å². The quantitative estimate of drug-likeness (QED) is 0.815. The zero-order chi connectivity index (χ0) is 16.2. The van der Waals surface area contributed by atoms with Gasteiger partial charge in [-0.15, -0.1) is 0 Å². The van der Waals surface area contributed by atoms with Gasteiger partial charge in [-0.25, -0.2) is 4.98 Å². The Labute approximate surface area is 128 Å². The third kappa shape index (κ3) is 4.75.